The molecule has 0 atom stereocenters. The van der Waals surface area contributed by atoms with Gasteiger partial charge in [0.1, 0.15) is 0 Å². The van der Waals surface area contributed by atoms with E-state index in [4.69, 9.17) is 0 Å². The van der Waals surface area contributed by atoms with Crippen LogP contribution in [-0.4, -0.2) is 58.6 Å². The molecule has 4 rings (SSSR count). The smallest absolute Gasteiger partial charge is 0.254 e. The summed E-state index contributed by atoms with van der Waals surface area (Å²) in [7, 11) is 0. The fraction of sp³-hybridized carbons (Fsp3) is 0.217. The molecular formula is C23H21N3O3S. The zero-order valence-electron chi connectivity index (χ0n) is 16.4. The van der Waals surface area contributed by atoms with Crippen molar-refractivity contribution in [3.63, 3.8) is 0 Å². The van der Waals surface area contributed by atoms with Gasteiger partial charge in [-0.3, -0.25) is 19.4 Å². The Morgan fingerprint density at radius 2 is 1.53 bits per heavy atom. The lowest BCUT2D eigenvalue weighted by atomic mass is 10.0. The Labute approximate surface area is 178 Å². The average Bonchev–Trinajstić information content (AvgIpc) is 3.34. The summed E-state index contributed by atoms with van der Waals surface area (Å²) in [6, 6.07) is 16.0. The van der Waals surface area contributed by atoms with Gasteiger partial charge in [0, 0.05) is 43.6 Å². The van der Waals surface area contributed by atoms with Gasteiger partial charge in [-0.15, -0.1) is 11.3 Å². The molecule has 1 aliphatic heterocycles. The molecule has 1 aliphatic rings. The summed E-state index contributed by atoms with van der Waals surface area (Å²) in [5.41, 5.74) is 1.56. The summed E-state index contributed by atoms with van der Waals surface area (Å²) < 4.78 is 0. The predicted octanol–water partition coefficient (Wildman–Crippen LogP) is 2.90. The Balaban J connectivity index is 1.41. The lowest BCUT2D eigenvalue weighted by Gasteiger charge is -2.35. The van der Waals surface area contributed by atoms with Gasteiger partial charge in [-0.25, -0.2) is 0 Å². The molecule has 6 nitrogen and oxygen atoms in total. The van der Waals surface area contributed by atoms with E-state index in [1.54, 1.807) is 46.3 Å². The third kappa shape index (κ3) is 4.31. The van der Waals surface area contributed by atoms with E-state index in [1.807, 2.05) is 29.6 Å². The fourth-order valence-corrected chi connectivity index (χ4v) is 4.18. The number of pyridine rings is 1. The molecule has 0 saturated carbocycles. The van der Waals surface area contributed by atoms with Crippen LogP contribution in [0.5, 0.6) is 0 Å². The van der Waals surface area contributed by atoms with Crippen molar-refractivity contribution in [3.8, 4) is 0 Å². The number of carbonyl (C=O) groups excluding carboxylic acids is 3. The molecule has 0 radical (unpaired) electrons. The minimum atomic E-state index is -0.174. The number of ketones is 1. The lowest BCUT2D eigenvalue weighted by molar-refractivity contribution is -0.132. The van der Waals surface area contributed by atoms with Crippen molar-refractivity contribution in [2.45, 2.75) is 6.42 Å². The lowest BCUT2D eigenvalue weighted by Crippen LogP contribution is -2.51. The first-order valence-electron chi connectivity index (χ1n) is 9.77. The van der Waals surface area contributed by atoms with Crippen LogP contribution in [-0.2, 0) is 11.2 Å². The summed E-state index contributed by atoms with van der Waals surface area (Å²) in [6.07, 6.45) is 1.93. The number of hydrogen-bond donors (Lipinski definition) is 0. The molecule has 3 aromatic rings. The minimum Gasteiger partial charge on any atom is -0.339 e. The molecule has 0 bridgehead atoms. The maximum Gasteiger partial charge on any atom is 0.254 e. The molecule has 0 aliphatic carbocycles. The van der Waals surface area contributed by atoms with Crippen molar-refractivity contribution in [3.05, 3.63) is 87.9 Å². The van der Waals surface area contributed by atoms with Crippen molar-refractivity contribution in [2.75, 3.05) is 26.2 Å². The maximum absolute atomic E-state index is 13.1. The first-order chi connectivity index (χ1) is 14.6. The van der Waals surface area contributed by atoms with Crippen LogP contribution in [0.15, 0.2) is 66.2 Å². The van der Waals surface area contributed by atoms with Gasteiger partial charge in [0.15, 0.2) is 0 Å². The summed E-state index contributed by atoms with van der Waals surface area (Å²) in [4.78, 5) is 46.8. The number of carbonyl (C=O) groups is 3. The second-order valence-electron chi connectivity index (χ2n) is 7.02. The van der Waals surface area contributed by atoms with Crippen LogP contribution in [0.3, 0.4) is 0 Å². The number of thiophene rings is 1. The van der Waals surface area contributed by atoms with Gasteiger partial charge in [-0.05, 0) is 29.6 Å². The van der Waals surface area contributed by atoms with E-state index >= 15 is 0 Å². The Morgan fingerprint density at radius 1 is 0.833 bits per heavy atom. The third-order valence-electron chi connectivity index (χ3n) is 5.13. The summed E-state index contributed by atoms with van der Waals surface area (Å²) >= 11 is 1.36. The van der Waals surface area contributed by atoms with Crippen LogP contribution in [0.1, 0.15) is 31.3 Å². The molecule has 1 aromatic carbocycles. The third-order valence-corrected chi connectivity index (χ3v) is 5.99. The first-order valence-corrected chi connectivity index (χ1v) is 10.7. The molecule has 30 heavy (non-hydrogen) atoms. The monoisotopic (exact) mass is 419 g/mol. The fourth-order valence-electron chi connectivity index (χ4n) is 3.51. The molecule has 0 unspecified atom stereocenters. The van der Waals surface area contributed by atoms with E-state index in [0.29, 0.717) is 42.2 Å². The predicted molar refractivity (Wildman–Crippen MR) is 115 cm³/mol. The van der Waals surface area contributed by atoms with Crippen molar-refractivity contribution in [1.29, 1.82) is 0 Å². The highest BCUT2D eigenvalue weighted by molar-refractivity contribution is 7.12. The van der Waals surface area contributed by atoms with E-state index in [9.17, 15) is 14.4 Å². The second kappa shape index (κ2) is 9.00. The van der Waals surface area contributed by atoms with Crippen LogP contribution in [0.25, 0.3) is 0 Å². The topological polar surface area (TPSA) is 70.6 Å². The highest BCUT2D eigenvalue weighted by atomic mass is 32.1. The molecule has 2 aromatic heterocycles. The Kier molecular flexibility index (Phi) is 5.99. The molecular weight excluding hydrogens is 398 g/mol. The van der Waals surface area contributed by atoms with E-state index in [1.165, 1.54) is 11.3 Å². The van der Waals surface area contributed by atoms with Gasteiger partial charge in [0.2, 0.25) is 11.7 Å². The van der Waals surface area contributed by atoms with Gasteiger partial charge in [0.25, 0.3) is 5.91 Å². The number of hydrogen-bond acceptors (Lipinski definition) is 5. The summed E-state index contributed by atoms with van der Waals surface area (Å²) in [5, 5.41) is 1.85. The van der Waals surface area contributed by atoms with E-state index < -0.39 is 0 Å². The SMILES string of the molecule is O=C(c1cccs1)c1ccccc1C(=O)N1CCN(C(=O)Cc2ccccn2)CC1. The Hall–Kier alpha value is -3.32. The van der Waals surface area contributed by atoms with Gasteiger partial charge >= 0.3 is 0 Å². The van der Waals surface area contributed by atoms with E-state index in [2.05, 4.69) is 4.98 Å². The van der Waals surface area contributed by atoms with Gasteiger partial charge in [0.05, 0.1) is 16.9 Å². The zero-order valence-corrected chi connectivity index (χ0v) is 17.2. The molecule has 1 fully saturated rings. The number of aromatic nitrogens is 1. The number of nitrogens with zero attached hydrogens (tertiary/aromatic N) is 3. The van der Waals surface area contributed by atoms with E-state index in [-0.39, 0.29) is 24.0 Å². The summed E-state index contributed by atoms with van der Waals surface area (Å²) in [6.45, 7) is 1.82. The molecule has 2 amide bonds. The zero-order chi connectivity index (χ0) is 20.9. The highest BCUT2D eigenvalue weighted by Crippen LogP contribution is 2.20. The standard InChI is InChI=1S/C23H21N3O3S/c27-21(16-17-6-3-4-10-24-17)25-11-13-26(14-12-25)23(29)19-8-2-1-7-18(19)22(28)20-9-5-15-30-20/h1-10,15H,11-14,16H2. The molecule has 0 N–H and O–H groups in total. The summed E-state index contributed by atoms with van der Waals surface area (Å²) in [5.74, 6) is -0.306. The molecule has 3 heterocycles. The number of benzene rings is 1. The first kappa shape index (κ1) is 20.0. The molecule has 1 saturated heterocycles. The van der Waals surface area contributed by atoms with Gasteiger partial charge < -0.3 is 9.80 Å². The minimum absolute atomic E-state index is 0.00840. The normalized spacial score (nSPS) is 13.9. The van der Waals surface area contributed by atoms with Crippen molar-refractivity contribution in [2.24, 2.45) is 0 Å². The number of piperazine rings is 1. The van der Waals surface area contributed by atoms with Crippen LogP contribution in [0, 0.1) is 0 Å². The van der Waals surface area contributed by atoms with Crippen molar-refractivity contribution >= 4 is 28.9 Å². The molecule has 7 heteroatoms. The van der Waals surface area contributed by atoms with Gasteiger partial charge in [-0.2, -0.15) is 0 Å². The quantitative estimate of drug-likeness (QED) is 0.596. The Morgan fingerprint density at radius 3 is 2.20 bits per heavy atom. The second-order valence-corrected chi connectivity index (χ2v) is 7.97. The van der Waals surface area contributed by atoms with Crippen LogP contribution in [0.4, 0.5) is 0 Å². The molecule has 152 valence electrons. The van der Waals surface area contributed by atoms with Crippen molar-refractivity contribution < 1.29 is 14.4 Å². The number of rotatable bonds is 5. The van der Waals surface area contributed by atoms with Crippen molar-refractivity contribution in [1.82, 2.24) is 14.8 Å². The highest BCUT2D eigenvalue weighted by Gasteiger charge is 2.27. The largest absolute Gasteiger partial charge is 0.339 e. The van der Waals surface area contributed by atoms with Crippen LogP contribution >= 0.6 is 11.3 Å². The van der Waals surface area contributed by atoms with Gasteiger partial charge in [-0.1, -0.05) is 30.3 Å². The average molecular weight is 420 g/mol. The van der Waals surface area contributed by atoms with E-state index in [0.717, 1.165) is 5.69 Å². The number of amides is 2. The Bertz CT molecular complexity index is 1040. The van der Waals surface area contributed by atoms with Crippen LogP contribution in [0.2, 0.25) is 0 Å². The van der Waals surface area contributed by atoms with Crippen LogP contribution < -0.4 is 0 Å². The maximum atomic E-state index is 13.1. The molecule has 0 spiro atoms.